The number of rotatable bonds is 2. The Kier molecular flexibility index (Phi) is 3.43. The number of amides is 1. The van der Waals surface area contributed by atoms with Crippen molar-refractivity contribution in [3.05, 3.63) is 22.7 Å². The summed E-state index contributed by atoms with van der Waals surface area (Å²) in [6.07, 6.45) is 0.263. The Bertz CT molecular complexity index is 516. The molecule has 1 aromatic rings. The van der Waals surface area contributed by atoms with Crippen LogP contribution in [0.4, 0.5) is 11.4 Å². The van der Waals surface area contributed by atoms with Crippen molar-refractivity contribution in [1.82, 2.24) is 0 Å². The molecule has 0 bridgehead atoms. The summed E-state index contributed by atoms with van der Waals surface area (Å²) < 4.78 is 0. The van der Waals surface area contributed by atoms with Crippen LogP contribution in [0.3, 0.4) is 0 Å². The van der Waals surface area contributed by atoms with E-state index in [1.54, 1.807) is 17.0 Å². The second-order valence-electron chi connectivity index (χ2n) is 4.23. The fraction of sp³-hybridized carbons (Fsp3) is 0.333. The maximum Gasteiger partial charge on any atom is 0.323 e. The summed E-state index contributed by atoms with van der Waals surface area (Å²) in [5.74, 6) is -1.06. The molecule has 1 heterocycles. The number of carboxylic acid groups (broad SMARTS) is 1. The quantitative estimate of drug-likeness (QED) is 0.859. The number of hydrogen-bond acceptors (Lipinski definition) is 3. The summed E-state index contributed by atoms with van der Waals surface area (Å²) in [6.45, 7) is 2.09. The molecular weight excluding hydrogens is 256 g/mol. The van der Waals surface area contributed by atoms with Crippen molar-refractivity contribution in [2.75, 3.05) is 23.3 Å². The number of benzene rings is 1. The predicted molar refractivity (Wildman–Crippen MR) is 69.3 cm³/mol. The normalized spacial score (nSPS) is 14.8. The van der Waals surface area contributed by atoms with Crippen LogP contribution in [0.15, 0.2) is 12.1 Å². The average Bonchev–Trinajstić information content (AvgIpc) is 2.37. The molecule has 1 aromatic carbocycles. The first kappa shape index (κ1) is 12.7. The van der Waals surface area contributed by atoms with E-state index in [0.29, 0.717) is 17.3 Å². The third-order valence-corrected chi connectivity index (χ3v) is 3.01. The minimum atomic E-state index is -0.926. The number of hydrogen-bond donors (Lipinski definition) is 2. The number of fused-ring (bicyclic) bond motifs is 1. The Hall–Kier alpha value is -1.75. The first-order valence-electron chi connectivity index (χ1n) is 5.54. The van der Waals surface area contributed by atoms with Gasteiger partial charge in [0.15, 0.2) is 0 Å². The van der Waals surface area contributed by atoms with Gasteiger partial charge in [0, 0.05) is 18.0 Å². The van der Waals surface area contributed by atoms with Gasteiger partial charge in [0.2, 0.25) is 5.91 Å². The first-order valence-corrected chi connectivity index (χ1v) is 5.92. The summed E-state index contributed by atoms with van der Waals surface area (Å²) in [6, 6.07) is 3.40. The van der Waals surface area contributed by atoms with Crippen LogP contribution in [0.1, 0.15) is 12.0 Å². The van der Waals surface area contributed by atoms with E-state index in [1.165, 1.54) is 0 Å². The minimum absolute atomic E-state index is 0.134. The van der Waals surface area contributed by atoms with E-state index < -0.39 is 5.97 Å². The van der Waals surface area contributed by atoms with Crippen LogP contribution >= 0.6 is 11.6 Å². The molecule has 96 valence electrons. The van der Waals surface area contributed by atoms with Gasteiger partial charge in [0.25, 0.3) is 0 Å². The van der Waals surface area contributed by atoms with E-state index in [1.807, 2.05) is 6.92 Å². The lowest BCUT2D eigenvalue weighted by atomic mass is 10.1. The lowest BCUT2D eigenvalue weighted by molar-refractivity contribution is -0.135. The van der Waals surface area contributed by atoms with Gasteiger partial charge in [-0.2, -0.15) is 0 Å². The van der Waals surface area contributed by atoms with E-state index in [4.69, 9.17) is 16.7 Å². The number of aliphatic carboxylic acids is 1. The van der Waals surface area contributed by atoms with Crippen LogP contribution in [-0.4, -0.2) is 30.1 Å². The van der Waals surface area contributed by atoms with Gasteiger partial charge >= 0.3 is 5.97 Å². The molecule has 0 saturated heterocycles. The topological polar surface area (TPSA) is 69.6 Å². The fourth-order valence-electron chi connectivity index (χ4n) is 2.13. The van der Waals surface area contributed by atoms with Gasteiger partial charge in [-0.05, 0) is 24.6 Å². The monoisotopic (exact) mass is 268 g/mol. The maximum absolute atomic E-state index is 11.6. The molecule has 0 aromatic heterocycles. The summed E-state index contributed by atoms with van der Waals surface area (Å²) in [5.41, 5.74) is 2.15. The molecule has 0 spiro atoms. The van der Waals surface area contributed by atoms with E-state index in [2.05, 4.69) is 5.32 Å². The number of carboxylic acids is 1. The highest BCUT2D eigenvalue weighted by molar-refractivity contribution is 6.31. The molecule has 5 nitrogen and oxygen atoms in total. The van der Waals surface area contributed by atoms with Crippen LogP contribution in [-0.2, 0) is 9.59 Å². The molecule has 18 heavy (non-hydrogen) atoms. The van der Waals surface area contributed by atoms with E-state index in [9.17, 15) is 9.59 Å². The Morgan fingerprint density at radius 2 is 2.28 bits per heavy atom. The maximum atomic E-state index is 11.6. The first-order chi connectivity index (χ1) is 8.47. The predicted octanol–water partition coefficient (Wildman–Crippen LogP) is 1.88. The fourth-order valence-corrected chi connectivity index (χ4v) is 2.41. The molecule has 1 aliphatic rings. The largest absolute Gasteiger partial charge is 0.480 e. The van der Waals surface area contributed by atoms with Crippen molar-refractivity contribution < 1.29 is 14.7 Å². The molecule has 0 unspecified atom stereocenters. The average molecular weight is 269 g/mol. The molecule has 6 heteroatoms. The zero-order valence-corrected chi connectivity index (χ0v) is 10.6. The van der Waals surface area contributed by atoms with Gasteiger partial charge in [0.1, 0.15) is 6.54 Å². The van der Waals surface area contributed by atoms with Crippen molar-refractivity contribution in [2.24, 2.45) is 0 Å². The molecule has 0 radical (unpaired) electrons. The molecule has 0 saturated carbocycles. The van der Waals surface area contributed by atoms with Gasteiger partial charge in [-0.15, -0.1) is 0 Å². The summed E-state index contributed by atoms with van der Waals surface area (Å²) in [4.78, 5) is 24.1. The Morgan fingerprint density at radius 3 is 2.94 bits per heavy atom. The second-order valence-corrected chi connectivity index (χ2v) is 4.67. The lowest BCUT2D eigenvalue weighted by Gasteiger charge is -2.24. The van der Waals surface area contributed by atoms with Crippen LogP contribution < -0.4 is 10.2 Å². The summed E-state index contributed by atoms with van der Waals surface area (Å²) in [7, 11) is 0. The Morgan fingerprint density at radius 1 is 1.56 bits per heavy atom. The van der Waals surface area contributed by atoms with Crippen molar-refractivity contribution in [2.45, 2.75) is 13.3 Å². The highest BCUT2D eigenvalue weighted by atomic mass is 35.5. The third-order valence-electron chi connectivity index (χ3n) is 2.79. The van der Waals surface area contributed by atoms with Gasteiger partial charge < -0.3 is 15.3 Å². The van der Waals surface area contributed by atoms with Gasteiger partial charge in [-0.1, -0.05) is 11.6 Å². The lowest BCUT2D eigenvalue weighted by Crippen LogP contribution is -2.31. The molecular formula is C12H13ClN2O3. The number of nitrogens with one attached hydrogen (secondary N) is 1. The summed E-state index contributed by atoms with van der Waals surface area (Å²) >= 11 is 5.95. The Labute approximate surface area is 109 Å². The van der Waals surface area contributed by atoms with Gasteiger partial charge in [0.05, 0.1) is 11.4 Å². The number of nitrogens with zero attached hydrogens (tertiary/aromatic N) is 1. The molecule has 0 fully saturated rings. The van der Waals surface area contributed by atoms with Crippen molar-refractivity contribution in [3.8, 4) is 0 Å². The third kappa shape index (κ3) is 2.56. The molecule has 2 N–H and O–H groups in total. The van der Waals surface area contributed by atoms with Crippen molar-refractivity contribution in [3.63, 3.8) is 0 Å². The molecule has 1 aliphatic heterocycles. The van der Waals surface area contributed by atoms with Gasteiger partial charge in [-0.25, -0.2) is 0 Å². The number of anilines is 2. The highest BCUT2D eigenvalue weighted by Gasteiger charge is 2.22. The van der Waals surface area contributed by atoms with E-state index >= 15 is 0 Å². The van der Waals surface area contributed by atoms with E-state index in [0.717, 1.165) is 11.3 Å². The molecule has 0 atom stereocenters. The van der Waals surface area contributed by atoms with Crippen LogP contribution in [0.2, 0.25) is 5.02 Å². The highest BCUT2D eigenvalue weighted by Crippen LogP contribution is 2.34. The van der Waals surface area contributed by atoms with Gasteiger partial charge in [-0.3, -0.25) is 9.59 Å². The zero-order valence-electron chi connectivity index (χ0n) is 9.86. The van der Waals surface area contributed by atoms with Crippen molar-refractivity contribution in [1.29, 1.82) is 0 Å². The SMILES string of the molecule is Cc1cc(Cl)cc2c1N(CC(=O)O)CCC(=O)N2. The number of aryl methyl sites for hydroxylation is 1. The minimum Gasteiger partial charge on any atom is -0.480 e. The number of carbonyl (C=O) groups excluding carboxylic acids is 1. The Balaban J connectivity index is 2.49. The van der Waals surface area contributed by atoms with Crippen molar-refractivity contribution >= 4 is 34.9 Å². The molecule has 0 aliphatic carbocycles. The number of halogens is 1. The van der Waals surface area contributed by atoms with Crippen LogP contribution in [0.5, 0.6) is 0 Å². The molecule has 1 amide bonds. The molecule has 2 rings (SSSR count). The zero-order chi connectivity index (χ0) is 13.3. The summed E-state index contributed by atoms with van der Waals surface area (Å²) in [5, 5.41) is 12.2. The van der Waals surface area contributed by atoms with Crippen LogP contribution in [0, 0.1) is 6.92 Å². The smallest absolute Gasteiger partial charge is 0.323 e. The standard InChI is InChI=1S/C12H13ClN2O3/c1-7-4-8(13)5-9-12(7)15(6-11(17)18)3-2-10(16)14-9/h4-5H,2-3,6H2,1H3,(H,14,16)(H,17,18). The second kappa shape index (κ2) is 4.86. The van der Waals surface area contributed by atoms with E-state index in [-0.39, 0.29) is 18.9 Å². The number of carbonyl (C=O) groups is 2. The van der Waals surface area contributed by atoms with Crippen LogP contribution in [0.25, 0.3) is 0 Å².